The van der Waals surface area contributed by atoms with Gasteiger partial charge in [0.2, 0.25) is 5.91 Å². The van der Waals surface area contributed by atoms with Crippen molar-refractivity contribution in [1.82, 2.24) is 19.9 Å². The second-order valence-electron chi connectivity index (χ2n) is 8.05. The molecule has 1 aliphatic rings. The number of hydrogen-bond acceptors (Lipinski definition) is 6. The maximum atomic E-state index is 12.7. The van der Waals surface area contributed by atoms with Crippen LogP contribution in [0.4, 0.5) is 17.2 Å². The Morgan fingerprint density at radius 2 is 1.80 bits per heavy atom. The largest absolute Gasteiger partial charge is 0.378 e. The third-order valence-electron chi connectivity index (χ3n) is 5.75. The maximum Gasteiger partial charge on any atom is 0.254 e. The molecule has 0 bridgehead atoms. The summed E-state index contributed by atoms with van der Waals surface area (Å²) in [6, 6.07) is 16.8. The highest BCUT2D eigenvalue weighted by atomic mass is 16.5. The number of amides is 2. The summed E-state index contributed by atoms with van der Waals surface area (Å²) in [5.41, 5.74) is 4.54. The number of rotatable bonds is 6. The summed E-state index contributed by atoms with van der Waals surface area (Å²) in [6.07, 6.45) is 2.71. The van der Waals surface area contributed by atoms with E-state index in [1.807, 2.05) is 53.4 Å². The molecule has 3 N–H and O–H groups in total. The van der Waals surface area contributed by atoms with Crippen LogP contribution >= 0.6 is 0 Å². The number of morpholine rings is 1. The summed E-state index contributed by atoms with van der Waals surface area (Å²) >= 11 is 0. The summed E-state index contributed by atoms with van der Waals surface area (Å²) in [7, 11) is 0. The first-order valence-corrected chi connectivity index (χ1v) is 11.2. The number of aromatic amines is 1. The molecule has 0 aliphatic carbocycles. The van der Waals surface area contributed by atoms with Gasteiger partial charge in [0.15, 0.2) is 0 Å². The van der Waals surface area contributed by atoms with Crippen LogP contribution in [0, 0.1) is 0 Å². The van der Waals surface area contributed by atoms with Crippen molar-refractivity contribution >= 4 is 40.0 Å². The molecular weight excluding hydrogens is 444 g/mol. The second-order valence-corrected chi connectivity index (χ2v) is 8.05. The van der Waals surface area contributed by atoms with Crippen molar-refractivity contribution in [2.24, 2.45) is 0 Å². The van der Waals surface area contributed by atoms with Crippen molar-refractivity contribution in [3.63, 3.8) is 0 Å². The molecule has 2 amide bonds. The second kappa shape index (κ2) is 9.78. The van der Waals surface area contributed by atoms with E-state index in [0.717, 1.165) is 22.3 Å². The smallest absolute Gasteiger partial charge is 0.254 e. The van der Waals surface area contributed by atoms with Crippen LogP contribution in [0.1, 0.15) is 10.4 Å². The molecule has 1 fully saturated rings. The Labute approximate surface area is 201 Å². The highest BCUT2D eigenvalue weighted by Crippen LogP contribution is 2.29. The molecule has 9 heteroatoms. The average molecular weight is 469 g/mol. The van der Waals surface area contributed by atoms with Gasteiger partial charge in [0.05, 0.1) is 18.6 Å². The number of nitrogens with one attached hydrogen (secondary N) is 3. The van der Waals surface area contributed by atoms with Gasteiger partial charge in [-0.25, -0.2) is 9.97 Å². The van der Waals surface area contributed by atoms with E-state index in [0.29, 0.717) is 49.0 Å². The Morgan fingerprint density at radius 3 is 2.57 bits per heavy atom. The Balaban J connectivity index is 1.37. The number of carbonyl (C=O) groups is 2. The lowest BCUT2D eigenvalue weighted by molar-refractivity contribution is -0.111. The summed E-state index contributed by atoms with van der Waals surface area (Å²) < 4.78 is 5.33. The van der Waals surface area contributed by atoms with E-state index in [-0.39, 0.29) is 11.8 Å². The minimum Gasteiger partial charge on any atom is -0.378 e. The van der Waals surface area contributed by atoms with Gasteiger partial charge in [0.25, 0.3) is 5.91 Å². The highest BCUT2D eigenvalue weighted by molar-refractivity contribution is 5.99. The molecule has 176 valence electrons. The van der Waals surface area contributed by atoms with Crippen molar-refractivity contribution in [3.8, 4) is 11.3 Å². The van der Waals surface area contributed by atoms with Gasteiger partial charge in [0, 0.05) is 35.7 Å². The van der Waals surface area contributed by atoms with Crippen LogP contribution in [-0.2, 0) is 9.53 Å². The van der Waals surface area contributed by atoms with Gasteiger partial charge in [-0.2, -0.15) is 0 Å². The highest BCUT2D eigenvalue weighted by Gasteiger charge is 2.18. The van der Waals surface area contributed by atoms with Gasteiger partial charge < -0.3 is 25.3 Å². The predicted octanol–water partition coefficient (Wildman–Crippen LogP) is 3.97. The zero-order valence-corrected chi connectivity index (χ0v) is 19.0. The minimum absolute atomic E-state index is 0.0142. The fraction of sp³-hybridized carbons (Fsp3) is 0.154. The van der Waals surface area contributed by atoms with Crippen molar-refractivity contribution in [1.29, 1.82) is 0 Å². The lowest BCUT2D eigenvalue weighted by Gasteiger charge is -2.26. The molecule has 1 aliphatic heterocycles. The third-order valence-corrected chi connectivity index (χ3v) is 5.75. The zero-order chi connectivity index (χ0) is 24.2. The standard InChI is InChI=1S/C26H24N6O3/c1-2-23(33)29-19-4-3-5-20(14-19)30-24-21-15-22(31-25(21)28-16-27-24)17-6-8-18(9-7-17)26(34)32-10-12-35-13-11-32/h2-9,14-16H,1,10-13H2,(H,29,33)(H2,27,28,30,31). The summed E-state index contributed by atoms with van der Waals surface area (Å²) in [5.74, 6) is 0.365. The van der Waals surface area contributed by atoms with Crippen molar-refractivity contribution in [2.75, 3.05) is 36.9 Å². The van der Waals surface area contributed by atoms with Crippen LogP contribution < -0.4 is 10.6 Å². The molecule has 0 saturated carbocycles. The third kappa shape index (κ3) is 4.90. The van der Waals surface area contributed by atoms with Crippen LogP contribution in [0.2, 0.25) is 0 Å². The number of hydrogen-bond donors (Lipinski definition) is 3. The van der Waals surface area contributed by atoms with Gasteiger partial charge in [-0.1, -0.05) is 24.8 Å². The first-order chi connectivity index (χ1) is 17.1. The number of H-pyrrole nitrogens is 1. The van der Waals surface area contributed by atoms with Gasteiger partial charge in [0.1, 0.15) is 17.8 Å². The molecule has 0 unspecified atom stereocenters. The lowest BCUT2D eigenvalue weighted by Crippen LogP contribution is -2.40. The Bertz CT molecular complexity index is 1390. The van der Waals surface area contributed by atoms with Crippen LogP contribution in [0.3, 0.4) is 0 Å². The SMILES string of the molecule is C=CC(=O)Nc1cccc(Nc2ncnc3[nH]c(-c4ccc(C(=O)N5CCOCC5)cc4)cc23)c1. The lowest BCUT2D eigenvalue weighted by atomic mass is 10.1. The van der Waals surface area contributed by atoms with E-state index in [1.165, 1.54) is 12.4 Å². The molecule has 9 nitrogen and oxygen atoms in total. The van der Waals surface area contributed by atoms with E-state index < -0.39 is 0 Å². The first kappa shape index (κ1) is 22.3. The number of aromatic nitrogens is 3. The van der Waals surface area contributed by atoms with Gasteiger partial charge >= 0.3 is 0 Å². The van der Waals surface area contributed by atoms with Crippen molar-refractivity contribution in [2.45, 2.75) is 0 Å². The summed E-state index contributed by atoms with van der Waals surface area (Å²) in [4.78, 5) is 38.2. The number of benzene rings is 2. The molecule has 35 heavy (non-hydrogen) atoms. The zero-order valence-electron chi connectivity index (χ0n) is 19.0. The molecule has 4 aromatic rings. The van der Waals surface area contributed by atoms with Gasteiger partial charge in [-0.15, -0.1) is 0 Å². The van der Waals surface area contributed by atoms with Crippen LogP contribution in [0.5, 0.6) is 0 Å². The first-order valence-electron chi connectivity index (χ1n) is 11.2. The van der Waals surface area contributed by atoms with Gasteiger partial charge in [-0.05, 0) is 48.0 Å². The fourth-order valence-electron chi connectivity index (χ4n) is 3.94. The molecule has 0 radical (unpaired) electrons. The molecule has 3 heterocycles. The number of anilines is 3. The number of ether oxygens (including phenoxy) is 1. The van der Waals surface area contributed by atoms with E-state index in [9.17, 15) is 9.59 Å². The maximum absolute atomic E-state index is 12.7. The normalized spacial score (nSPS) is 13.4. The Kier molecular flexibility index (Phi) is 6.23. The van der Waals surface area contributed by atoms with Gasteiger partial charge in [-0.3, -0.25) is 9.59 Å². The summed E-state index contributed by atoms with van der Waals surface area (Å²) in [5, 5.41) is 6.86. The number of carbonyl (C=O) groups excluding carboxylic acids is 2. The Morgan fingerprint density at radius 1 is 1.03 bits per heavy atom. The van der Waals surface area contributed by atoms with Crippen LogP contribution in [0.15, 0.2) is 73.6 Å². The minimum atomic E-state index is -0.278. The molecule has 5 rings (SSSR count). The van der Waals surface area contributed by atoms with Crippen molar-refractivity contribution in [3.05, 3.63) is 79.1 Å². The van der Waals surface area contributed by atoms with E-state index in [4.69, 9.17) is 4.74 Å². The van der Waals surface area contributed by atoms with E-state index in [1.54, 1.807) is 6.07 Å². The fourth-order valence-corrected chi connectivity index (χ4v) is 3.94. The topological polar surface area (TPSA) is 112 Å². The molecule has 0 spiro atoms. The molecular formula is C26H24N6O3. The molecule has 0 atom stereocenters. The number of fused-ring (bicyclic) bond motifs is 1. The molecule has 2 aromatic carbocycles. The van der Waals surface area contributed by atoms with Crippen molar-refractivity contribution < 1.29 is 14.3 Å². The molecule has 1 saturated heterocycles. The predicted molar refractivity (Wildman–Crippen MR) is 135 cm³/mol. The quantitative estimate of drug-likeness (QED) is 0.369. The van der Waals surface area contributed by atoms with Crippen LogP contribution in [-0.4, -0.2) is 58.0 Å². The summed E-state index contributed by atoms with van der Waals surface area (Å²) in [6.45, 7) is 5.84. The van der Waals surface area contributed by atoms with E-state index in [2.05, 4.69) is 32.2 Å². The van der Waals surface area contributed by atoms with E-state index >= 15 is 0 Å². The number of nitrogens with zero attached hydrogens (tertiary/aromatic N) is 3. The average Bonchev–Trinajstić information content (AvgIpc) is 3.34. The Hall–Kier alpha value is -4.50. The molecule has 2 aromatic heterocycles. The monoisotopic (exact) mass is 468 g/mol. The van der Waals surface area contributed by atoms with Crippen LogP contribution in [0.25, 0.3) is 22.3 Å².